The van der Waals surface area contributed by atoms with E-state index in [0.29, 0.717) is 31.7 Å². The number of benzene rings is 1. The van der Waals surface area contributed by atoms with Crippen LogP contribution in [0.25, 0.3) is 0 Å². The van der Waals surface area contributed by atoms with Crippen molar-refractivity contribution in [3.8, 4) is 0 Å². The number of rotatable bonds is 4. The van der Waals surface area contributed by atoms with Crippen molar-refractivity contribution in [1.82, 2.24) is 9.80 Å². The minimum Gasteiger partial charge on any atom is -0.459 e. The summed E-state index contributed by atoms with van der Waals surface area (Å²) in [6.07, 6.45) is 0.905. The van der Waals surface area contributed by atoms with Crippen molar-refractivity contribution in [2.45, 2.75) is 37.0 Å². The van der Waals surface area contributed by atoms with Crippen LogP contribution >= 0.6 is 0 Å². The highest BCUT2D eigenvalue weighted by molar-refractivity contribution is 7.90. The van der Waals surface area contributed by atoms with Crippen LogP contribution in [0.4, 0.5) is 4.79 Å². The minimum absolute atomic E-state index is 0.0141. The van der Waals surface area contributed by atoms with Crippen molar-refractivity contribution in [3.63, 3.8) is 0 Å². The molecule has 1 aromatic heterocycles. The number of sulfone groups is 1. The van der Waals surface area contributed by atoms with Gasteiger partial charge in [-0.2, -0.15) is 0 Å². The zero-order chi connectivity index (χ0) is 21.9. The topological polar surface area (TPSA) is 97.1 Å². The number of hydrogen-bond donors (Lipinski definition) is 0. The number of piperazine rings is 1. The van der Waals surface area contributed by atoms with E-state index in [2.05, 4.69) is 0 Å². The molecule has 0 atom stereocenters. The summed E-state index contributed by atoms with van der Waals surface area (Å²) in [7, 11) is -3.61. The Hall–Kier alpha value is -2.81. The summed E-state index contributed by atoms with van der Waals surface area (Å²) < 4.78 is 36.0. The first-order valence-corrected chi connectivity index (χ1v) is 11.3. The summed E-state index contributed by atoms with van der Waals surface area (Å²) in [5, 5.41) is 0. The van der Waals surface area contributed by atoms with E-state index < -0.39 is 21.5 Å². The lowest BCUT2D eigenvalue weighted by Gasteiger charge is -2.35. The molecule has 0 radical (unpaired) electrons. The molecule has 2 aromatic rings. The van der Waals surface area contributed by atoms with Gasteiger partial charge in [0.25, 0.3) is 5.91 Å². The molecule has 1 saturated heterocycles. The quantitative estimate of drug-likeness (QED) is 0.734. The number of hydrogen-bond acceptors (Lipinski definition) is 6. The van der Waals surface area contributed by atoms with Crippen LogP contribution in [0, 0.1) is 0 Å². The van der Waals surface area contributed by atoms with Crippen LogP contribution in [0.15, 0.2) is 52.0 Å². The molecule has 1 aliphatic rings. The molecule has 162 valence electrons. The molecule has 1 aliphatic heterocycles. The lowest BCUT2D eigenvalue weighted by atomic mass is 10.2. The van der Waals surface area contributed by atoms with Crippen LogP contribution in [-0.2, 0) is 20.3 Å². The van der Waals surface area contributed by atoms with Gasteiger partial charge in [0.2, 0.25) is 0 Å². The van der Waals surface area contributed by atoms with Gasteiger partial charge in [-0.1, -0.05) is 18.2 Å². The van der Waals surface area contributed by atoms with Crippen LogP contribution in [0.1, 0.15) is 36.9 Å². The van der Waals surface area contributed by atoms with Gasteiger partial charge in [0.05, 0.1) is 16.9 Å². The Labute approximate surface area is 176 Å². The van der Waals surface area contributed by atoms with Gasteiger partial charge < -0.3 is 19.0 Å². The van der Waals surface area contributed by atoms with E-state index in [4.69, 9.17) is 9.15 Å². The summed E-state index contributed by atoms with van der Waals surface area (Å²) in [6, 6.07) is 9.59. The molecule has 30 heavy (non-hydrogen) atoms. The average Bonchev–Trinajstić information content (AvgIpc) is 3.14. The number of ether oxygens (including phenoxy) is 1. The molecule has 2 amide bonds. The van der Waals surface area contributed by atoms with Gasteiger partial charge >= 0.3 is 6.09 Å². The fourth-order valence-corrected chi connectivity index (χ4v) is 4.49. The first-order chi connectivity index (χ1) is 14.1. The normalized spacial score (nSPS) is 15.2. The summed E-state index contributed by atoms with van der Waals surface area (Å²) in [6.45, 7) is 6.68. The summed E-state index contributed by atoms with van der Waals surface area (Å²) in [5.41, 5.74) is -0.268. The van der Waals surface area contributed by atoms with E-state index in [1.54, 1.807) is 48.8 Å². The van der Waals surface area contributed by atoms with Gasteiger partial charge in [-0.05, 0) is 39.0 Å². The molecule has 0 spiro atoms. The van der Waals surface area contributed by atoms with Crippen molar-refractivity contribution >= 4 is 21.8 Å². The summed E-state index contributed by atoms with van der Waals surface area (Å²) >= 11 is 0. The predicted molar refractivity (Wildman–Crippen MR) is 110 cm³/mol. The van der Waals surface area contributed by atoms with Crippen LogP contribution in [-0.4, -0.2) is 62.0 Å². The molecule has 1 fully saturated rings. The molecule has 1 aromatic carbocycles. The van der Waals surface area contributed by atoms with Gasteiger partial charge in [-0.25, -0.2) is 13.2 Å². The number of amides is 2. The second-order valence-electron chi connectivity index (χ2n) is 8.11. The molecule has 0 unspecified atom stereocenters. The molecule has 2 heterocycles. The maximum Gasteiger partial charge on any atom is 0.410 e. The van der Waals surface area contributed by atoms with Crippen molar-refractivity contribution in [2.24, 2.45) is 0 Å². The SMILES string of the molecule is CC(C)(C)OC(=O)N1CCN(C(=O)c2occc2CS(=O)(=O)c2ccccc2)CC1. The monoisotopic (exact) mass is 434 g/mol. The predicted octanol–water partition coefficient (Wildman–Crippen LogP) is 2.95. The van der Waals surface area contributed by atoms with Crippen LogP contribution in [0.3, 0.4) is 0 Å². The van der Waals surface area contributed by atoms with Crippen molar-refractivity contribution in [2.75, 3.05) is 26.2 Å². The smallest absolute Gasteiger partial charge is 0.410 e. The third-order valence-electron chi connectivity index (χ3n) is 4.61. The minimum atomic E-state index is -3.61. The van der Waals surface area contributed by atoms with Crippen molar-refractivity contribution in [3.05, 3.63) is 54.0 Å². The fraction of sp³-hybridized carbons (Fsp3) is 0.429. The molecule has 0 bridgehead atoms. The van der Waals surface area contributed by atoms with Gasteiger partial charge in [0, 0.05) is 31.7 Å². The largest absolute Gasteiger partial charge is 0.459 e. The van der Waals surface area contributed by atoms with E-state index in [9.17, 15) is 18.0 Å². The first kappa shape index (κ1) is 21.9. The van der Waals surface area contributed by atoms with E-state index in [1.807, 2.05) is 0 Å². The molecule has 0 aliphatic carbocycles. The maximum absolute atomic E-state index is 12.9. The first-order valence-electron chi connectivity index (χ1n) is 9.68. The third-order valence-corrected chi connectivity index (χ3v) is 6.29. The Morgan fingerprint density at radius 3 is 2.20 bits per heavy atom. The summed E-state index contributed by atoms with van der Waals surface area (Å²) in [4.78, 5) is 28.4. The Bertz CT molecular complexity index is 1000. The van der Waals surface area contributed by atoms with Crippen molar-refractivity contribution in [1.29, 1.82) is 0 Å². The Balaban J connectivity index is 1.66. The number of furan rings is 1. The van der Waals surface area contributed by atoms with E-state index >= 15 is 0 Å². The third kappa shape index (κ3) is 5.21. The zero-order valence-corrected chi connectivity index (χ0v) is 18.1. The maximum atomic E-state index is 12.9. The zero-order valence-electron chi connectivity index (χ0n) is 17.3. The van der Waals surface area contributed by atoms with E-state index in [1.165, 1.54) is 24.5 Å². The van der Waals surface area contributed by atoms with Crippen molar-refractivity contribution < 1.29 is 27.2 Å². The molecular weight excluding hydrogens is 408 g/mol. The highest BCUT2D eigenvalue weighted by Gasteiger charge is 2.31. The standard InChI is InChI=1S/C21H26N2O6S/c1-21(2,3)29-20(25)23-12-10-22(11-13-23)19(24)18-16(9-14-28-18)15-30(26,27)17-7-5-4-6-8-17/h4-9,14H,10-13,15H2,1-3H3. The average molecular weight is 435 g/mol. The highest BCUT2D eigenvalue weighted by atomic mass is 32.2. The second-order valence-corrected chi connectivity index (χ2v) is 10.1. The number of carbonyl (C=O) groups is 2. The van der Waals surface area contributed by atoms with Crippen LogP contribution in [0.5, 0.6) is 0 Å². The van der Waals surface area contributed by atoms with Gasteiger partial charge in [-0.3, -0.25) is 4.79 Å². The molecule has 8 nitrogen and oxygen atoms in total. The fourth-order valence-electron chi connectivity index (χ4n) is 3.12. The van der Waals surface area contributed by atoms with Gasteiger partial charge in [0.1, 0.15) is 5.60 Å². The Kier molecular flexibility index (Phi) is 6.21. The highest BCUT2D eigenvalue weighted by Crippen LogP contribution is 2.22. The van der Waals surface area contributed by atoms with Crippen LogP contribution in [0.2, 0.25) is 0 Å². The Morgan fingerprint density at radius 1 is 1.00 bits per heavy atom. The molecule has 3 rings (SSSR count). The Morgan fingerprint density at radius 2 is 1.60 bits per heavy atom. The summed E-state index contributed by atoms with van der Waals surface area (Å²) in [5.74, 6) is -0.700. The molecule has 9 heteroatoms. The van der Waals surface area contributed by atoms with E-state index in [0.717, 1.165) is 0 Å². The van der Waals surface area contributed by atoms with E-state index in [-0.39, 0.29) is 22.3 Å². The number of carbonyl (C=O) groups excluding carboxylic acids is 2. The van der Waals surface area contributed by atoms with Gasteiger partial charge in [0.15, 0.2) is 15.6 Å². The van der Waals surface area contributed by atoms with Crippen LogP contribution < -0.4 is 0 Å². The lowest BCUT2D eigenvalue weighted by molar-refractivity contribution is 0.0137. The lowest BCUT2D eigenvalue weighted by Crippen LogP contribution is -2.51. The second kappa shape index (κ2) is 8.51. The molecular formula is C21H26N2O6S. The molecule has 0 N–H and O–H groups in total. The number of nitrogens with zero attached hydrogens (tertiary/aromatic N) is 2. The molecule has 0 saturated carbocycles. The van der Waals surface area contributed by atoms with Gasteiger partial charge in [-0.15, -0.1) is 0 Å².